The van der Waals surface area contributed by atoms with Gasteiger partial charge in [0, 0.05) is 12.3 Å². The Morgan fingerprint density at radius 2 is 1.91 bits per heavy atom. The zero-order valence-corrected chi connectivity index (χ0v) is 17.2. The first kappa shape index (κ1) is 21.4. The SMILES string of the molecule is COc1nc(C2=N[N+](C)(c3cc(C(F)(F)F)ccc3F)C(N)=N2)ccc1-n1cnc(C)c1. The second-order valence-electron chi connectivity index (χ2n) is 7.16. The number of amidine groups is 1. The summed E-state index contributed by atoms with van der Waals surface area (Å²) in [7, 11) is 2.77. The number of methoxy groups -OCH3 is 1. The van der Waals surface area contributed by atoms with Gasteiger partial charge in [0.05, 0.1) is 24.7 Å². The molecule has 0 fully saturated rings. The fourth-order valence-electron chi connectivity index (χ4n) is 3.23. The number of rotatable bonds is 4. The fourth-order valence-corrected chi connectivity index (χ4v) is 3.23. The third-order valence-electron chi connectivity index (χ3n) is 4.96. The lowest BCUT2D eigenvalue weighted by molar-refractivity contribution is -0.137. The van der Waals surface area contributed by atoms with Gasteiger partial charge in [0.25, 0.3) is 0 Å². The number of ether oxygens (including phenoxy) is 1. The van der Waals surface area contributed by atoms with Gasteiger partial charge in [-0.2, -0.15) is 13.2 Å². The molecule has 0 saturated carbocycles. The maximum atomic E-state index is 14.5. The molecule has 0 saturated heterocycles. The third kappa shape index (κ3) is 3.58. The molecule has 0 amide bonds. The van der Waals surface area contributed by atoms with Crippen LogP contribution < -0.4 is 15.1 Å². The van der Waals surface area contributed by atoms with Crippen molar-refractivity contribution in [3.05, 3.63) is 65.6 Å². The van der Waals surface area contributed by atoms with E-state index in [1.54, 1.807) is 29.2 Å². The number of aliphatic imine (C=N–C) groups is 1. The molecule has 1 aliphatic heterocycles. The van der Waals surface area contributed by atoms with E-state index in [4.69, 9.17) is 10.5 Å². The minimum absolute atomic E-state index is 0.0217. The highest BCUT2D eigenvalue weighted by molar-refractivity contribution is 6.11. The Hall–Kier alpha value is -3.80. The van der Waals surface area contributed by atoms with E-state index in [0.717, 1.165) is 11.8 Å². The highest BCUT2D eigenvalue weighted by Crippen LogP contribution is 2.36. The first-order valence-electron chi connectivity index (χ1n) is 9.28. The van der Waals surface area contributed by atoms with E-state index in [1.165, 1.54) is 14.2 Å². The maximum absolute atomic E-state index is 14.5. The lowest BCUT2D eigenvalue weighted by atomic mass is 10.1. The van der Waals surface area contributed by atoms with Crippen molar-refractivity contribution in [2.24, 2.45) is 15.8 Å². The normalized spacial score (nSPS) is 18.5. The molecule has 1 aliphatic rings. The van der Waals surface area contributed by atoms with Crippen LogP contribution >= 0.6 is 0 Å². The number of aromatic nitrogens is 3. The summed E-state index contributed by atoms with van der Waals surface area (Å²) < 4.78 is 60.2. The number of quaternary nitrogens is 1. The zero-order valence-electron chi connectivity index (χ0n) is 17.2. The molecular formula is C20H18F4N7O+. The Labute approximate surface area is 179 Å². The van der Waals surface area contributed by atoms with Crippen molar-refractivity contribution >= 4 is 17.5 Å². The average molecular weight is 448 g/mol. The highest BCUT2D eigenvalue weighted by Gasteiger charge is 2.43. The van der Waals surface area contributed by atoms with E-state index in [2.05, 4.69) is 20.1 Å². The van der Waals surface area contributed by atoms with Crippen molar-refractivity contribution < 1.29 is 22.3 Å². The fraction of sp³-hybridized carbons (Fsp3) is 0.200. The van der Waals surface area contributed by atoms with Crippen molar-refractivity contribution in [1.29, 1.82) is 0 Å². The summed E-state index contributed by atoms with van der Waals surface area (Å²) in [5.74, 6) is -0.857. The van der Waals surface area contributed by atoms with E-state index in [1.807, 2.05) is 6.92 Å². The Kier molecular flexibility index (Phi) is 4.96. The molecule has 0 radical (unpaired) electrons. The van der Waals surface area contributed by atoms with E-state index in [-0.39, 0.29) is 23.4 Å². The lowest BCUT2D eigenvalue weighted by Crippen LogP contribution is -2.48. The van der Waals surface area contributed by atoms with Crippen LogP contribution in [-0.2, 0) is 6.18 Å². The summed E-state index contributed by atoms with van der Waals surface area (Å²) in [6, 6.07) is 5.35. The summed E-state index contributed by atoms with van der Waals surface area (Å²) in [4.78, 5) is 12.7. The third-order valence-corrected chi connectivity index (χ3v) is 4.96. The molecule has 0 spiro atoms. The summed E-state index contributed by atoms with van der Waals surface area (Å²) in [5, 5.41) is 4.29. The molecule has 1 atom stereocenters. The van der Waals surface area contributed by atoms with Crippen LogP contribution in [0.25, 0.3) is 5.69 Å². The van der Waals surface area contributed by atoms with Crippen LogP contribution in [0.3, 0.4) is 0 Å². The molecule has 3 heterocycles. The van der Waals surface area contributed by atoms with Crippen LogP contribution in [0.5, 0.6) is 5.88 Å². The lowest BCUT2D eigenvalue weighted by Gasteiger charge is -2.22. The molecule has 2 N–H and O–H groups in total. The summed E-state index contributed by atoms with van der Waals surface area (Å²) in [6.45, 7) is 1.83. The van der Waals surface area contributed by atoms with Gasteiger partial charge in [-0.1, -0.05) is 0 Å². The van der Waals surface area contributed by atoms with E-state index in [9.17, 15) is 17.6 Å². The van der Waals surface area contributed by atoms with E-state index >= 15 is 0 Å². The number of nitrogens with two attached hydrogens (primary N) is 1. The van der Waals surface area contributed by atoms with Crippen LogP contribution in [0.2, 0.25) is 0 Å². The Bertz CT molecular complexity index is 1270. The first-order valence-corrected chi connectivity index (χ1v) is 9.28. The van der Waals surface area contributed by atoms with Crippen LogP contribution in [0.1, 0.15) is 17.0 Å². The monoisotopic (exact) mass is 448 g/mol. The number of guanidine groups is 1. The first-order chi connectivity index (χ1) is 15.0. The van der Waals surface area contributed by atoms with Gasteiger partial charge >= 0.3 is 12.1 Å². The van der Waals surface area contributed by atoms with Gasteiger partial charge in [-0.25, -0.2) is 14.4 Å². The molecule has 3 aromatic rings. The standard InChI is InChI=1S/C20H18F4N7O/c1-11-9-30(10-26-11)15-7-6-14(27-18(15)32-3)17-28-19(25)31(2,29-17)16-8-12(20(22,23)24)4-5-13(16)21/h4-10H,1-3H3,(H2,25,28,29)/q+1. The molecule has 0 bridgehead atoms. The molecule has 0 aliphatic carbocycles. The molecule has 8 nitrogen and oxygen atoms in total. The predicted octanol–water partition coefficient (Wildman–Crippen LogP) is 3.37. The van der Waals surface area contributed by atoms with Gasteiger partial charge in [-0.05, 0) is 36.3 Å². The molecule has 32 heavy (non-hydrogen) atoms. The minimum atomic E-state index is -4.66. The number of pyridine rings is 1. The van der Waals surface area contributed by atoms with Gasteiger partial charge < -0.3 is 15.0 Å². The van der Waals surface area contributed by atoms with Gasteiger partial charge in [0.2, 0.25) is 17.4 Å². The summed E-state index contributed by atoms with van der Waals surface area (Å²) in [5.41, 5.74) is 6.22. The number of benzene rings is 1. The summed E-state index contributed by atoms with van der Waals surface area (Å²) >= 11 is 0. The Morgan fingerprint density at radius 3 is 2.53 bits per heavy atom. The second kappa shape index (κ2) is 7.41. The Balaban J connectivity index is 1.77. The van der Waals surface area contributed by atoms with E-state index < -0.39 is 27.8 Å². The topological polar surface area (TPSA) is 90.7 Å². The number of imidazole rings is 1. The van der Waals surface area contributed by atoms with Gasteiger partial charge in [0.15, 0.2) is 5.82 Å². The predicted molar refractivity (Wildman–Crippen MR) is 110 cm³/mol. The average Bonchev–Trinajstić information content (AvgIpc) is 3.30. The van der Waals surface area contributed by atoms with Crippen molar-refractivity contribution in [2.75, 3.05) is 14.2 Å². The van der Waals surface area contributed by atoms with E-state index in [0.29, 0.717) is 17.8 Å². The van der Waals surface area contributed by atoms with Crippen molar-refractivity contribution in [2.45, 2.75) is 13.1 Å². The number of halogens is 4. The maximum Gasteiger partial charge on any atom is 0.416 e. The molecule has 1 aromatic carbocycles. The number of aryl methyl sites for hydroxylation is 1. The minimum Gasteiger partial charge on any atom is -0.479 e. The molecule has 1 unspecified atom stereocenters. The number of hydrogen-bond acceptors (Lipinski definition) is 6. The van der Waals surface area contributed by atoms with Gasteiger partial charge in [-0.15, -0.1) is 9.58 Å². The van der Waals surface area contributed by atoms with Crippen molar-refractivity contribution in [1.82, 2.24) is 19.1 Å². The van der Waals surface area contributed by atoms with Crippen LogP contribution in [0, 0.1) is 12.7 Å². The Morgan fingerprint density at radius 1 is 1.16 bits per heavy atom. The second-order valence-corrected chi connectivity index (χ2v) is 7.16. The quantitative estimate of drug-likeness (QED) is 0.490. The van der Waals surface area contributed by atoms with Crippen LogP contribution in [0.4, 0.5) is 23.2 Å². The number of hydrogen-bond donors (Lipinski definition) is 1. The molecule has 166 valence electrons. The van der Waals surface area contributed by atoms with Crippen molar-refractivity contribution in [3.8, 4) is 11.6 Å². The van der Waals surface area contributed by atoms with Crippen molar-refractivity contribution in [3.63, 3.8) is 0 Å². The number of nitrogens with zero attached hydrogens (tertiary/aromatic N) is 6. The van der Waals surface area contributed by atoms with Gasteiger partial charge in [0.1, 0.15) is 18.4 Å². The summed E-state index contributed by atoms with van der Waals surface area (Å²) in [6.07, 6.45) is -1.27. The largest absolute Gasteiger partial charge is 0.479 e. The van der Waals surface area contributed by atoms with Crippen LogP contribution in [-0.4, -0.2) is 40.5 Å². The molecule has 2 aromatic heterocycles. The smallest absolute Gasteiger partial charge is 0.416 e. The zero-order chi connectivity index (χ0) is 23.3. The molecule has 4 rings (SSSR count). The van der Waals surface area contributed by atoms with Gasteiger partial charge in [-0.3, -0.25) is 0 Å². The number of alkyl halides is 3. The molecule has 12 heteroatoms. The highest BCUT2D eigenvalue weighted by atomic mass is 19.4. The molecular weight excluding hydrogens is 430 g/mol. The van der Waals surface area contributed by atoms with Crippen LogP contribution in [0.15, 0.2) is 52.9 Å².